The first-order valence-corrected chi connectivity index (χ1v) is 8.63. The molecule has 2 aromatic heterocycles. The van der Waals surface area contributed by atoms with Crippen molar-refractivity contribution in [2.24, 2.45) is 5.92 Å². The molecule has 0 saturated heterocycles. The first-order valence-electron chi connectivity index (χ1n) is 7.14. The van der Waals surface area contributed by atoms with E-state index in [1.807, 2.05) is 0 Å². The lowest BCUT2D eigenvalue weighted by molar-refractivity contribution is -0.142. The zero-order chi connectivity index (χ0) is 15.7. The van der Waals surface area contributed by atoms with Gasteiger partial charge in [0.15, 0.2) is 0 Å². The summed E-state index contributed by atoms with van der Waals surface area (Å²) < 4.78 is 27.7. The molecule has 0 amide bonds. The summed E-state index contributed by atoms with van der Waals surface area (Å²) in [7, 11) is -3.65. The lowest BCUT2D eigenvalue weighted by Crippen LogP contribution is -2.38. The number of aromatic nitrogens is 2. The molecule has 0 unspecified atom stereocenters. The summed E-state index contributed by atoms with van der Waals surface area (Å²) in [6.07, 6.45) is 5.10. The number of carboxylic acids is 1. The molecule has 118 valence electrons. The Labute approximate surface area is 127 Å². The SMILES string of the molecule is O=C(O)C1CCC(NS(=O)(=O)c2c[nH]c3ncccc23)CC1. The van der Waals surface area contributed by atoms with Crippen molar-refractivity contribution in [2.75, 3.05) is 0 Å². The predicted octanol–water partition coefficient (Wildman–Crippen LogP) is 1.48. The number of nitrogens with zero attached hydrogens (tertiary/aromatic N) is 1. The molecule has 3 rings (SSSR count). The molecule has 7 nitrogen and oxygen atoms in total. The third kappa shape index (κ3) is 2.84. The van der Waals surface area contributed by atoms with Crippen molar-refractivity contribution in [1.29, 1.82) is 0 Å². The molecule has 0 atom stereocenters. The number of fused-ring (bicyclic) bond motifs is 1. The number of aromatic amines is 1. The Morgan fingerprint density at radius 3 is 2.73 bits per heavy atom. The Hall–Kier alpha value is -1.93. The molecule has 0 radical (unpaired) electrons. The second kappa shape index (κ2) is 5.69. The molecule has 22 heavy (non-hydrogen) atoms. The van der Waals surface area contributed by atoms with E-state index in [2.05, 4.69) is 14.7 Å². The number of aliphatic carboxylic acids is 1. The molecule has 1 aliphatic carbocycles. The van der Waals surface area contributed by atoms with Crippen molar-refractivity contribution < 1.29 is 18.3 Å². The van der Waals surface area contributed by atoms with Crippen molar-refractivity contribution >= 4 is 27.0 Å². The van der Waals surface area contributed by atoms with E-state index in [1.54, 1.807) is 18.3 Å². The van der Waals surface area contributed by atoms with Crippen molar-refractivity contribution in [2.45, 2.75) is 36.6 Å². The van der Waals surface area contributed by atoms with Crippen molar-refractivity contribution in [3.05, 3.63) is 24.5 Å². The van der Waals surface area contributed by atoms with Crippen LogP contribution < -0.4 is 4.72 Å². The molecule has 0 bridgehead atoms. The van der Waals surface area contributed by atoms with E-state index in [0.717, 1.165) is 0 Å². The molecule has 2 heterocycles. The second-order valence-corrected chi connectivity index (χ2v) is 7.24. The maximum absolute atomic E-state index is 12.5. The summed E-state index contributed by atoms with van der Waals surface area (Å²) in [6.45, 7) is 0. The third-order valence-electron chi connectivity index (χ3n) is 4.10. The Bertz CT molecular complexity index is 791. The maximum Gasteiger partial charge on any atom is 0.306 e. The van der Waals surface area contributed by atoms with Gasteiger partial charge in [0.1, 0.15) is 10.5 Å². The van der Waals surface area contributed by atoms with E-state index in [-0.39, 0.29) is 16.9 Å². The van der Waals surface area contributed by atoms with Crippen molar-refractivity contribution in [3.8, 4) is 0 Å². The van der Waals surface area contributed by atoms with Gasteiger partial charge in [0.2, 0.25) is 10.0 Å². The van der Waals surface area contributed by atoms with E-state index < -0.39 is 16.0 Å². The summed E-state index contributed by atoms with van der Waals surface area (Å²) in [6, 6.07) is 3.17. The molecule has 0 aliphatic heterocycles. The number of rotatable bonds is 4. The van der Waals surface area contributed by atoms with Gasteiger partial charge in [-0.15, -0.1) is 0 Å². The fraction of sp³-hybridized carbons (Fsp3) is 0.429. The van der Waals surface area contributed by atoms with E-state index in [9.17, 15) is 13.2 Å². The average molecular weight is 323 g/mol. The van der Waals surface area contributed by atoms with Gasteiger partial charge in [0.25, 0.3) is 0 Å². The quantitative estimate of drug-likeness (QED) is 0.789. The number of nitrogens with one attached hydrogen (secondary N) is 2. The molecule has 0 spiro atoms. The minimum atomic E-state index is -3.65. The molecular weight excluding hydrogens is 306 g/mol. The molecule has 8 heteroatoms. The number of carboxylic acid groups (broad SMARTS) is 1. The highest BCUT2D eigenvalue weighted by molar-refractivity contribution is 7.89. The standard InChI is InChI=1S/C14H17N3O4S/c18-14(19)9-3-5-10(6-4-9)17-22(20,21)12-8-16-13-11(12)2-1-7-15-13/h1-2,7-10,17H,3-6H2,(H,15,16)(H,18,19). The highest BCUT2D eigenvalue weighted by Gasteiger charge is 2.29. The van der Waals surface area contributed by atoms with Crippen LogP contribution in [0.3, 0.4) is 0 Å². The number of hydrogen-bond donors (Lipinski definition) is 3. The van der Waals surface area contributed by atoms with Crippen LogP contribution in [0.4, 0.5) is 0 Å². The first-order chi connectivity index (χ1) is 10.5. The van der Waals surface area contributed by atoms with E-state index in [0.29, 0.717) is 36.7 Å². The van der Waals surface area contributed by atoms with Crippen LogP contribution in [0.1, 0.15) is 25.7 Å². The summed E-state index contributed by atoms with van der Waals surface area (Å²) in [5, 5.41) is 9.53. The van der Waals surface area contributed by atoms with Gasteiger partial charge in [0.05, 0.1) is 5.92 Å². The molecular formula is C14H17N3O4S. The minimum Gasteiger partial charge on any atom is -0.481 e. The minimum absolute atomic E-state index is 0.177. The van der Waals surface area contributed by atoms with Crippen LogP contribution in [-0.2, 0) is 14.8 Å². The Kier molecular flexibility index (Phi) is 3.88. The van der Waals surface area contributed by atoms with Gasteiger partial charge >= 0.3 is 5.97 Å². The number of hydrogen-bond acceptors (Lipinski definition) is 4. The highest BCUT2D eigenvalue weighted by Crippen LogP contribution is 2.27. The maximum atomic E-state index is 12.5. The predicted molar refractivity (Wildman–Crippen MR) is 79.8 cm³/mol. The third-order valence-corrected chi connectivity index (χ3v) is 5.66. The van der Waals surface area contributed by atoms with Gasteiger partial charge in [0, 0.05) is 23.8 Å². The van der Waals surface area contributed by atoms with Crippen molar-refractivity contribution in [1.82, 2.24) is 14.7 Å². The number of carbonyl (C=O) groups is 1. The Morgan fingerprint density at radius 1 is 1.32 bits per heavy atom. The second-order valence-electron chi connectivity index (χ2n) is 5.56. The number of sulfonamides is 1. The fourth-order valence-corrected chi connectivity index (χ4v) is 4.36. The summed E-state index contributed by atoms with van der Waals surface area (Å²) in [5.74, 6) is -1.16. The lowest BCUT2D eigenvalue weighted by Gasteiger charge is -2.26. The van der Waals surface area contributed by atoms with Crippen LogP contribution in [0.2, 0.25) is 0 Å². The molecule has 1 saturated carbocycles. The van der Waals surface area contributed by atoms with Gasteiger partial charge < -0.3 is 10.1 Å². The zero-order valence-electron chi connectivity index (χ0n) is 11.8. The average Bonchev–Trinajstić information content (AvgIpc) is 2.92. The normalized spacial score (nSPS) is 22.7. The molecule has 1 aliphatic rings. The van der Waals surface area contributed by atoms with Gasteiger partial charge in [-0.05, 0) is 37.8 Å². The smallest absolute Gasteiger partial charge is 0.306 e. The molecule has 2 aromatic rings. The molecule has 0 aromatic carbocycles. The van der Waals surface area contributed by atoms with Crippen LogP contribution in [0.25, 0.3) is 11.0 Å². The van der Waals surface area contributed by atoms with Gasteiger partial charge in [-0.3, -0.25) is 4.79 Å². The highest BCUT2D eigenvalue weighted by atomic mass is 32.2. The fourth-order valence-electron chi connectivity index (χ4n) is 2.89. The lowest BCUT2D eigenvalue weighted by atomic mass is 9.87. The molecule has 3 N–H and O–H groups in total. The van der Waals surface area contributed by atoms with Gasteiger partial charge in [-0.25, -0.2) is 18.1 Å². The van der Waals surface area contributed by atoms with E-state index in [4.69, 9.17) is 5.11 Å². The zero-order valence-corrected chi connectivity index (χ0v) is 12.6. The van der Waals surface area contributed by atoms with Crippen LogP contribution in [0, 0.1) is 5.92 Å². The summed E-state index contributed by atoms with van der Waals surface area (Å²) in [5.41, 5.74) is 0.525. The summed E-state index contributed by atoms with van der Waals surface area (Å²) >= 11 is 0. The van der Waals surface area contributed by atoms with E-state index >= 15 is 0 Å². The van der Waals surface area contributed by atoms with Crippen LogP contribution >= 0.6 is 0 Å². The Morgan fingerprint density at radius 2 is 2.05 bits per heavy atom. The largest absolute Gasteiger partial charge is 0.481 e. The Balaban J connectivity index is 1.76. The van der Waals surface area contributed by atoms with Crippen LogP contribution in [0.5, 0.6) is 0 Å². The topological polar surface area (TPSA) is 112 Å². The summed E-state index contributed by atoms with van der Waals surface area (Å²) in [4.78, 5) is 18.0. The number of H-pyrrole nitrogens is 1. The van der Waals surface area contributed by atoms with Crippen LogP contribution in [-0.4, -0.2) is 35.5 Å². The van der Waals surface area contributed by atoms with E-state index in [1.165, 1.54) is 6.20 Å². The monoisotopic (exact) mass is 323 g/mol. The van der Waals surface area contributed by atoms with Gasteiger partial charge in [-0.1, -0.05) is 0 Å². The van der Waals surface area contributed by atoms with Gasteiger partial charge in [-0.2, -0.15) is 0 Å². The van der Waals surface area contributed by atoms with Crippen molar-refractivity contribution in [3.63, 3.8) is 0 Å². The number of pyridine rings is 1. The first kappa shape index (κ1) is 15.0. The molecule has 1 fully saturated rings. The van der Waals surface area contributed by atoms with Crippen LogP contribution in [0.15, 0.2) is 29.4 Å².